The fourth-order valence-electron chi connectivity index (χ4n) is 3.43. The van der Waals surface area contributed by atoms with Crippen molar-refractivity contribution in [3.8, 4) is 0 Å². The van der Waals surface area contributed by atoms with Gasteiger partial charge in [0.1, 0.15) is 0 Å². The van der Waals surface area contributed by atoms with Gasteiger partial charge in [0.15, 0.2) is 5.92 Å². The van der Waals surface area contributed by atoms with E-state index in [2.05, 4.69) is 5.32 Å². The highest BCUT2D eigenvalue weighted by Gasteiger charge is 2.58. The van der Waals surface area contributed by atoms with E-state index in [-0.39, 0.29) is 5.56 Å². The number of piperidine rings is 1. The van der Waals surface area contributed by atoms with Crippen molar-refractivity contribution < 1.29 is 18.0 Å². The van der Waals surface area contributed by atoms with Gasteiger partial charge in [0.25, 0.3) is 0 Å². The zero-order chi connectivity index (χ0) is 15.2. The number of hydrogen-bond donors (Lipinski definition) is 1. The second kappa shape index (κ2) is 5.02. The predicted molar refractivity (Wildman–Crippen MR) is 71.6 cm³/mol. The number of fused-ring (bicyclic) bond motifs is 1. The molecule has 0 spiro atoms. The van der Waals surface area contributed by atoms with Crippen LogP contribution in [0.3, 0.4) is 0 Å². The van der Waals surface area contributed by atoms with E-state index in [1.165, 1.54) is 29.2 Å². The van der Waals surface area contributed by atoms with Gasteiger partial charge >= 0.3 is 6.18 Å². The Bertz CT molecular complexity index is 519. The summed E-state index contributed by atoms with van der Waals surface area (Å²) in [7, 11) is 1.84. The molecule has 3 rings (SSSR count). The molecule has 1 aliphatic carbocycles. The summed E-state index contributed by atoms with van der Waals surface area (Å²) in [6.07, 6.45) is -4.56. The van der Waals surface area contributed by atoms with Gasteiger partial charge in [0, 0.05) is 19.1 Å². The maximum absolute atomic E-state index is 13.3. The molecule has 3 unspecified atom stereocenters. The molecule has 1 amide bonds. The molecule has 114 valence electrons. The number of hydrogen-bond acceptors (Lipinski definition) is 2. The minimum absolute atomic E-state index is 0.0146. The van der Waals surface area contributed by atoms with Crippen LogP contribution in [0.15, 0.2) is 30.3 Å². The van der Waals surface area contributed by atoms with Crippen LogP contribution in [0.4, 0.5) is 13.2 Å². The van der Waals surface area contributed by atoms with Crippen LogP contribution >= 0.6 is 0 Å². The Morgan fingerprint density at radius 2 is 1.81 bits per heavy atom. The van der Waals surface area contributed by atoms with Gasteiger partial charge in [-0.25, -0.2) is 0 Å². The topological polar surface area (TPSA) is 32.3 Å². The van der Waals surface area contributed by atoms with E-state index in [9.17, 15) is 18.0 Å². The Kier molecular flexibility index (Phi) is 3.43. The summed E-state index contributed by atoms with van der Waals surface area (Å²) < 4.78 is 39.9. The third kappa shape index (κ3) is 2.52. The first kappa shape index (κ1) is 14.4. The highest BCUT2D eigenvalue weighted by molar-refractivity contribution is 5.85. The van der Waals surface area contributed by atoms with Crippen LogP contribution < -0.4 is 5.32 Å². The van der Waals surface area contributed by atoms with Crippen molar-refractivity contribution in [2.75, 3.05) is 20.1 Å². The van der Waals surface area contributed by atoms with E-state index in [1.807, 2.05) is 7.05 Å². The van der Waals surface area contributed by atoms with Crippen molar-refractivity contribution in [1.82, 2.24) is 10.2 Å². The summed E-state index contributed by atoms with van der Waals surface area (Å²) in [6, 6.07) is 7.78. The van der Waals surface area contributed by atoms with Gasteiger partial charge in [0.05, 0.1) is 0 Å². The van der Waals surface area contributed by atoms with Gasteiger partial charge < -0.3 is 10.2 Å². The molecule has 6 heteroatoms. The van der Waals surface area contributed by atoms with Crippen molar-refractivity contribution >= 4 is 5.91 Å². The Labute approximate surface area is 121 Å². The molecule has 0 radical (unpaired) electrons. The molecule has 1 aliphatic heterocycles. The van der Waals surface area contributed by atoms with E-state index in [0.717, 1.165) is 0 Å². The van der Waals surface area contributed by atoms with Crippen molar-refractivity contribution in [3.05, 3.63) is 35.9 Å². The van der Waals surface area contributed by atoms with Crippen molar-refractivity contribution in [2.45, 2.75) is 18.1 Å². The van der Waals surface area contributed by atoms with Gasteiger partial charge in [-0.3, -0.25) is 4.79 Å². The normalized spacial score (nSPS) is 29.1. The first-order valence-electron chi connectivity index (χ1n) is 7.01. The summed E-state index contributed by atoms with van der Waals surface area (Å²) in [6.45, 7) is 0.850. The number of rotatable bonds is 3. The molecule has 0 aromatic heterocycles. The molecule has 1 saturated heterocycles. The van der Waals surface area contributed by atoms with E-state index in [0.29, 0.717) is 31.0 Å². The van der Waals surface area contributed by atoms with Crippen molar-refractivity contribution in [2.24, 2.45) is 11.8 Å². The van der Waals surface area contributed by atoms with Crippen LogP contribution in [0, 0.1) is 11.8 Å². The SMILES string of the molecule is CNC1C2CN(C(=O)C(c3ccccc3)C(F)(F)F)CC21. The molecule has 1 aromatic carbocycles. The van der Waals surface area contributed by atoms with E-state index < -0.39 is 18.0 Å². The van der Waals surface area contributed by atoms with Gasteiger partial charge in [-0.2, -0.15) is 13.2 Å². The monoisotopic (exact) mass is 298 g/mol. The first-order chi connectivity index (χ1) is 9.93. The minimum Gasteiger partial charge on any atom is -0.341 e. The number of benzene rings is 1. The molecule has 3 atom stereocenters. The zero-order valence-corrected chi connectivity index (χ0v) is 11.6. The average molecular weight is 298 g/mol. The van der Waals surface area contributed by atoms with Gasteiger partial charge in [0.2, 0.25) is 5.91 Å². The maximum atomic E-state index is 13.3. The Morgan fingerprint density at radius 1 is 1.24 bits per heavy atom. The third-order valence-electron chi connectivity index (χ3n) is 4.55. The van der Waals surface area contributed by atoms with E-state index in [1.54, 1.807) is 6.07 Å². The van der Waals surface area contributed by atoms with Crippen LogP contribution in [0.2, 0.25) is 0 Å². The summed E-state index contributed by atoms with van der Waals surface area (Å²) in [5, 5.41) is 3.13. The number of amides is 1. The number of carbonyl (C=O) groups is 1. The molecule has 1 heterocycles. The highest BCUT2D eigenvalue weighted by Crippen LogP contribution is 2.47. The third-order valence-corrected chi connectivity index (χ3v) is 4.55. The maximum Gasteiger partial charge on any atom is 0.404 e. The summed E-state index contributed by atoms with van der Waals surface area (Å²) in [4.78, 5) is 13.7. The molecule has 1 aromatic rings. The Balaban J connectivity index is 1.78. The lowest BCUT2D eigenvalue weighted by Gasteiger charge is -2.27. The molecule has 3 nitrogen and oxygen atoms in total. The quantitative estimate of drug-likeness (QED) is 0.926. The average Bonchev–Trinajstić information content (AvgIpc) is 2.89. The molecule has 21 heavy (non-hydrogen) atoms. The fourth-order valence-corrected chi connectivity index (χ4v) is 3.43. The molecular weight excluding hydrogens is 281 g/mol. The number of halogens is 3. The highest BCUT2D eigenvalue weighted by atomic mass is 19.4. The molecule has 1 N–H and O–H groups in total. The van der Waals surface area contributed by atoms with Crippen LogP contribution in [-0.4, -0.2) is 43.2 Å². The Morgan fingerprint density at radius 3 is 2.29 bits per heavy atom. The lowest BCUT2D eigenvalue weighted by atomic mass is 9.97. The molecule has 2 aliphatic rings. The van der Waals surface area contributed by atoms with Crippen LogP contribution in [0.1, 0.15) is 11.5 Å². The molecule has 2 fully saturated rings. The fraction of sp³-hybridized carbons (Fsp3) is 0.533. The zero-order valence-electron chi connectivity index (χ0n) is 11.6. The number of nitrogens with one attached hydrogen (secondary N) is 1. The van der Waals surface area contributed by atoms with Crippen molar-refractivity contribution in [3.63, 3.8) is 0 Å². The lowest BCUT2D eigenvalue weighted by molar-refractivity contribution is -0.171. The number of carbonyl (C=O) groups excluding carboxylic acids is 1. The molecule has 1 saturated carbocycles. The standard InChI is InChI=1S/C15H17F3N2O/c1-19-13-10-7-20(8-11(10)13)14(21)12(15(16,17)18)9-5-3-2-4-6-9/h2-6,10-13,19H,7-8H2,1H3. The molecular formula is C15H17F3N2O. The number of likely N-dealkylation sites (tertiary alicyclic amines) is 1. The van der Waals surface area contributed by atoms with Crippen molar-refractivity contribution in [1.29, 1.82) is 0 Å². The lowest BCUT2D eigenvalue weighted by Crippen LogP contribution is -2.42. The van der Waals surface area contributed by atoms with Crippen LogP contribution in [0.25, 0.3) is 0 Å². The van der Waals surface area contributed by atoms with Gasteiger partial charge in [-0.15, -0.1) is 0 Å². The number of alkyl halides is 3. The van der Waals surface area contributed by atoms with Crippen LogP contribution in [0.5, 0.6) is 0 Å². The van der Waals surface area contributed by atoms with Gasteiger partial charge in [-0.1, -0.05) is 30.3 Å². The summed E-state index contributed by atoms with van der Waals surface area (Å²) in [5.41, 5.74) is 0.0146. The van der Waals surface area contributed by atoms with E-state index in [4.69, 9.17) is 0 Å². The summed E-state index contributed by atoms with van der Waals surface area (Å²) in [5.74, 6) is -2.26. The predicted octanol–water partition coefficient (Wildman–Crippen LogP) is 2.01. The summed E-state index contributed by atoms with van der Waals surface area (Å²) >= 11 is 0. The number of nitrogens with zero attached hydrogens (tertiary/aromatic N) is 1. The smallest absolute Gasteiger partial charge is 0.341 e. The largest absolute Gasteiger partial charge is 0.404 e. The second-order valence-corrected chi connectivity index (χ2v) is 5.77. The Hall–Kier alpha value is -1.56. The first-order valence-corrected chi connectivity index (χ1v) is 7.01. The van der Waals surface area contributed by atoms with E-state index >= 15 is 0 Å². The van der Waals surface area contributed by atoms with Crippen LogP contribution in [-0.2, 0) is 4.79 Å². The molecule has 0 bridgehead atoms. The van der Waals surface area contributed by atoms with Gasteiger partial charge in [-0.05, 0) is 24.4 Å². The second-order valence-electron chi connectivity index (χ2n) is 5.77. The minimum atomic E-state index is -4.56.